The molecule has 28 heavy (non-hydrogen) atoms. The van der Waals surface area contributed by atoms with E-state index in [0.29, 0.717) is 6.07 Å². The van der Waals surface area contributed by atoms with E-state index in [2.05, 4.69) is 5.32 Å². The fourth-order valence-electron chi connectivity index (χ4n) is 2.33. The number of sulfonamides is 1. The summed E-state index contributed by atoms with van der Waals surface area (Å²) in [6.45, 7) is 1.96. The van der Waals surface area contributed by atoms with Gasteiger partial charge in [-0.15, -0.1) is 0 Å². The van der Waals surface area contributed by atoms with Gasteiger partial charge >= 0.3 is 6.18 Å². The lowest BCUT2D eigenvalue weighted by Gasteiger charge is -2.16. The van der Waals surface area contributed by atoms with Crippen LogP contribution in [0.5, 0.6) is 5.75 Å². The lowest BCUT2D eigenvalue weighted by molar-refractivity contribution is -0.136. The average Bonchev–Trinajstić information content (AvgIpc) is 2.61. The predicted molar refractivity (Wildman–Crippen MR) is 98.3 cm³/mol. The van der Waals surface area contributed by atoms with Gasteiger partial charge in [-0.1, -0.05) is 11.6 Å². The zero-order chi connectivity index (χ0) is 21.1. The summed E-state index contributed by atoms with van der Waals surface area (Å²) in [6, 6.07) is 6.04. The van der Waals surface area contributed by atoms with Crippen molar-refractivity contribution in [1.82, 2.24) is 5.32 Å². The van der Waals surface area contributed by atoms with Crippen molar-refractivity contribution < 1.29 is 31.1 Å². The van der Waals surface area contributed by atoms with Gasteiger partial charge in [0.2, 0.25) is 0 Å². The number of amides is 1. The monoisotopic (exact) mass is 436 g/mol. The minimum atomic E-state index is -4.82. The van der Waals surface area contributed by atoms with E-state index >= 15 is 0 Å². The molecule has 0 atom stereocenters. The fraction of sp³-hybridized carbons (Fsp3) is 0.235. The number of anilines is 1. The maximum Gasteiger partial charge on any atom is 0.418 e. The normalized spacial score (nSPS) is 11.8. The number of alkyl halides is 3. The molecular formula is C17H16ClF3N2O4S. The van der Waals surface area contributed by atoms with Gasteiger partial charge in [0.05, 0.1) is 28.8 Å². The highest BCUT2D eigenvalue weighted by Gasteiger charge is 2.35. The first kappa shape index (κ1) is 21.8. The maximum atomic E-state index is 13.2. The smallest absolute Gasteiger partial charge is 0.418 e. The Hall–Kier alpha value is -2.46. The zero-order valence-electron chi connectivity index (χ0n) is 14.7. The highest BCUT2D eigenvalue weighted by atomic mass is 35.5. The quantitative estimate of drug-likeness (QED) is 0.719. The van der Waals surface area contributed by atoms with Gasteiger partial charge < -0.3 is 10.1 Å². The second-order valence-electron chi connectivity index (χ2n) is 5.51. The van der Waals surface area contributed by atoms with Crippen molar-refractivity contribution in [3.8, 4) is 5.75 Å². The second kappa shape index (κ2) is 8.27. The van der Waals surface area contributed by atoms with Crippen LogP contribution in [0.2, 0.25) is 5.02 Å². The Morgan fingerprint density at radius 1 is 1.18 bits per heavy atom. The van der Waals surface area contributed by atoms with Gasteiger partial charge in [0, 0.05) is 11.6 Å². The molecule has 0 saturated carbocycles. The standard InChI is InChI=1S/C17H16ClF3N2O4S/c1-3-22-16(24)12-9-11(5-7-15(12)27-2)28(25,26)23-14-6-4-10(18)8-13(14)17(19,20)21/h4-9,23H,3H2,1-2H3,(H,22,24). The molecule has 0 saturated heterocycles. The largest absolute Gasteiger partial charge is 0.496 e. The van der Waals surface area contributed by atoms with Crippen LogP contribution < -0.4 is 14.8 Å². The molecule has 0 heterocycles. The van der Waals surface area contributed by atoms with Gasteiger partial charge in [0.25, 0.3) is 15.9 Å². The number of carbonyl (C=O) groups excluding carboxylic acids is 1. The van der Waals surface area contributed by atoms with E-state index in [0.717, 1.165) is 24.3 Å². The molecule has 11 heteroatoms. The summed E-state index contributed by atoms with van der Waals surface area (Å²) in [4.78, 5) is 11.7. The van der Waals surface area contributed by atoms with Crippen molar-refractivity contribution in [3.63, 3.8) is 0 Å². The summed E-state index contributed by atoms with van der Waals surface area (Å²) < 4.78 is 71.7. The van der Waals surface area contributed by atoms with Crippen LogP contribution in [-0.4, -0.2) is 28.0 Å². The van der Waals surface area contributed by atoms with Crippen LogP contribution >= 0.6 is 11.6 Å². The molecular weight excluding hydrogens is 421 g/mol. The number of benzene rings is 2. The molecule has 0 fully saturated rings. The molecule has 0 aliphatic heterocycles. The summed E-state index contributed by atoms with van der Waals surface area (Å²) in [5, 5.41) is 2.31. The first-order valence-corrected chi connectivity index (χ1v) is 9.71. The maximum absolute atomic E-state index is 13.2. The van der Waals surface area contributed by atoms with E-state index in [1.807, 2.05) is 4.72 Å². The van der Waals surface area contributed by atoms with E-state index in [1.165, 1.54) is 13.2 Å². The van der Waals surface area contributed by atoms with Crippen LogP contribution in [-0.2, 0) is 16.2 Å². The first-order valence-electron chi connectivity index (χ1n) is 7.85. The van der Waals surface area contributed by atoms with Crippen molar-refractivity contribution in [2.75, 3.05) is 18.4 Å². The molecule has 0 radical (unpaired) electrons. The molecule has 2 rings (SSSR count). The van der Waals surface area contributed by atoms with Crippen LogP contribution in [0.1, 0.15) is 22.8 Å². The van der Waals surface area contributed by atoms with Crippen LogP contribution in [0.25, 0.3) is 0 Å². The van der Waals surface area contributed by atoms with Crippen LogP contribution in [0, 0.1) is 0 Å². The van der Waals surface area contributed by atoms with E-state index in [4.69, 9.17) is 16.3 Å². The highest BCUT2D eigenvalue weighted by molar-refractivity contribution is 7.92. The van der Waals surface area contributed by atoms with E-state index < -0.39 is 38.3 Å². The second-order valence-corrected chi connectivity index (χ2v) is 7.63. The third-order valence-electron chi connectivity index (χ3n) is 3.59. The summed E-state index contributed by atoms with van der Waals surface area (Å²) in [7, 11) is -3.13. The number of hydrogen-bond donors (Lipinski definition) is 2. The van der Waals surface area contributed by atoms with Gasteiger partial charge in [0.1, 0.15) is 5.75 Å². The molecule has 0 spiro atoms. The van der Waals surface area contributed by atoms with Crippen molar-refractivity contribution in [2.45, 2.75) is 18.0 Å². The SMILES string of the molecule is CCNC(=O)c1cc(S(=O)(=O)Nc2ccc(Cl)cc2C(F)(F)F)ccc1OC. The summed E-state index contributed by atoms with van der Waals surface area (Å²) >= 11 is 5.59. The Labute approximate surface area is 164 Å². The number of methoxy groups -OCH3 is 1. The van der Waals surface area contributed by atoms with Crippen LogP contribution in [0.3, 0.4) is 0 Å². The summed E-state index contributed by atoms with van der Waals surface area (Å²) in [5.41, 5.74) is -1.99. The van der Waals surface area contributed by atoms with Crippen molar-refractivity contribution in [3.05, 3.63) is 52.5 Å². The minimum absolute atomic E-state index is 0.0700. The Balaban J connectivity index is 2.49. The number of halogens is 4. The molecule has 2 aromatic carbocycles. The minimum Gasteiger partial charge on any atom is -0.496 e. The lowest BCUT2D eigenvalue weighted by atomic mass is 10.2. The average molecular weight is 437 g/mol. The van der Waals surface area contributed by atoms with Gasteiger partial charge in [-0.25, -0.2) is 8.42 Å². The van der Waals surface area contributed by atoms with Gasteiger partial charge in [-0.3, -0.25) is 9.52 Å². The topological polar surface area (TPSA) is 84.5 Å². The number of nitrogens with one attached hydrogen (secondary N) is 2. The van der Waals surface area contributed by atoms with Crippen LogP contribution in [0.4, 0.5) is 18.9 Å². The molecule has 1 amide bonds. The molecule has 2 aromatic rings. The number of carbonyl (C=O) groups is 1. The molecule has 152 valence electrons. The van der Waals surface area contributed by atoms with E-state index in [1.54, 1.807) is 6.92 Å². The Morgan fingerprint density at radius 2 is 1.86 bits per heavy atom. The van der Waals surface area contributed by atoms with Crippen LogP contribution in [0.15, 0.2) is 41.3 Å². The lowest BCUT2D eigenvalue weighted by Crippen LogP contribution is -2.24. The van der Waals surface area contributed by atoms with Gasteiger partial charge in [0.15, 0.2) is 0 Å². The summed E-state index contributed by atoms with van der Waals surface area (Å²) in [6.07, 6.45) is -4.82. The Kier molecular flexibility index (Phi) is 6.45. The number of hydrogen-bond acceptors (Lipinski definition) is 4. The molecule has 0 aliphatic rings. The molecule has 0 aromatic heterocycles. The number of ether oxygens (including phenoxy) is 1. The summed E-state index contributed by atoms with van der Waals surface area (Å²) in [5.74, 6) is -0.466. The number of rotatable bonds is 6. The zero-order valence-corrected chi connectivity index (χ0v) is 16.3. The predicted octanol–water partition coefficient (Wildman–Crippen LogP) is 3.92. The molecule has 0 bridgehead atoms. The Morgan fingerprint density at radius 3 is 2.43 bits per heavy atom. The Bertz CT molecular complexity index is 994. The molecule has 6 nitrogen and oxygen atoms in total. The molecule has 0 aliphatic carbocycles. The first-order chi connectivity index (χ1) is 13.0. The highest BCUT2D eigenvalue weighted by Crippen LogP contribution is 2.37. The van der Waals surface area contributed by atoms with E-state index in [-0.39, 0.29) is 22.9 Å². The fourth-order valence-corrected chi connectivity index (χ4v) is 3.61. The van der Waals surface area contributed by atoms with E-state index in [9.17, 15) is 26.4 Å². The van der Waals surface area contributed by atoms with Gasteiger partial charge in [-0.2, -0.15) is 13.2 Å². The molecule has 2 N–H and O–H groups in total. The van der Waals surface area contributed by atoms with Crippen molar-refractivity contribution in [1.29, 1.82) is 0 Å². The van der Waals surface area contributed by atoms with Gasteiger partial charge in [-0.05, 0) is 43.3 Å². The third kappa shape index (κ3) is 4.87. The van der Waals surface area contributed by atoms with Crippen molar-refractivity contribution >= 4 is 33.2 Å². The van der Waals surface area contributed by atoms with Crippen molar-refractivity contribution in [2.24, 2.45) is 0 Å². The molecule has 0 unspecified atom stereocenters. The third-order valence-corrected chi connectivity index (χ3v) is 5.19.